The lowest BCUT2D eigenvalue weighted by molar-refractivity contribution is -0.137. The summed E-state index contributed by atoms with van der Waals surface area (Å²) in [6, 6.07) is -0.301. The molecule has 0 fully saturated rings. The van der Waals surface area contributed by atoms with E-state index in [4.69, 9.17) is 5.11 Å². The average Bonchev–Trinajstić information content (AvgIpc) is 2.28. The third-order valence-corrected chi connectivity index (χ3v) is 2.23. The SMILES string of the molecule is CCNC(=O)CCNC(=O)N(C)CCCC(=O)O. The van der Waals surface area contributed by atoms with Gasteiger partial charge in [-0.2, -0.15) is 0 Å². The molecule has 0 rings (SSSR count). The highest BCUT2D eigenvalue weighted by molar-refractivity contribution is 5.78. The molecule has 0 aromatic carbocycles. The Labute approximate surface area is 107 Å². The van der Waals surface area contributed by atoms with Gasteiger partial charge in [-0.1, -0.05) is 0 Å². The van der Waals surface area contributed by atoms with Crippen molar-refractivity contribution < 1.29 is 19.5 Å². The normalized spacial score (nSPS) is 9.67. The molecule has 3 amide bonds. The van der Waals surface area contributed by atoms with Crippen LogP contribution in [-0.2, 0) is 9.59 Å². The van der Waals surface area contributed by atoms with Crippen LogP contribution in [0.5, 0.6) is 0 Å². The number of nitrogens with one attached hydrogen (secondary N) is 2. The number of carboxylic acid groups (broad SMARTS) is 1. The Balaban J connectivity index is 3.67. The summed E-state index contributed by atoms with van der Waals surface area (Å²) in [4.78, 5) is 34.3. The Hall–Kier alpha value is -1.79. The molecule has 0 aliphatic heterocycles. The molecule has 0 aromatic rings. The summed E-state index contributed by atoms with van der Waals surface area (Å²) in [7, 11) is 1.59. The van der Waals surface area contributed by atoms with E-state index in [1.54, 1.807) is 7.05 Å². The summed E-state index contributed by atoms with van der Waals surface area (Å²) >= 11 is 0. The molecule has 0 aliphatic rings. The zero-order chi connectivity index (χ0) is 14.0. The molecular weight excluding hydrogens is 238 g/mol. The van der Waals surface area contributed by atoms with Gasteiger partial charge in [-0.25, -0.2) is 4.79 Å². The van der Waals surface area contributed by atoms with Gasteiger partial charge >= 0.3 is 12.0 Å². The third-order valence-electron chi connectivity index (χ3n) is 2.23. The van der Waals surface area contributed by atoms with Crippen LogP contribution in [0.1, 0.15) is 26.2 Å². The van der Waals surface area contributed by atoms with Gasteiger partial charge in [0.05, 0.1) is 0 Å². The predicted octanol–water partition coefficient (Wildman–Crippen LogP) is 0.0188. The molecule has 7 nitrogen and oxygen atoms in total. The monoisotopic (exact) mass is 259 g/mol. The Morgan fingerprint density at radius 2 is 1.83 bits per heavy atom. The van der Waals surface area contributed by atoms with Crippen molar-refractivity contribution in [2.45, 2.75) is 26.2 Å². The minimum absolute atomic E-state index is 0.0382. The molecule has 3 N–H and O–H groups in total. The summed E-state index contributed by atoms with van der Waals surface area (Å²) < 4.78 is 0. The van der Waals surface area contributed by atoms with E-state index in [9.17, 15) is 14.4 Å². The van der Waals surface area contributed by atoms with Gasteiger partial charge in [0.25, 0.3) is 0 Å². The summed E-state index contributed by atoms with van der Waals surface area (Å²) in [5.74, 6) is -0.980. The standard InChI is InChI=1S/C11H21N3O4/c1-3-12-9(15)6-7-13-11(18)14(2)8-4-5-10(16)17/h3-8H2,1-2H3,(H,12,15)(H,13,18)(H,16,17). The van der Waals surface area contributed by atoms with Gasteiger partial charge in [-0.15, -0.1) is 0 Å². The predicted molar refractivity (Wildman–Crippen MR) is 66.2 cm³/mol. The minimum Gasteiger partial charge on any atom is -0.481 e. The van der Waals surface area contributed by atoms with Crippen LogP contribution in [0.4, 0.5) is 4.79 Å². The van der Waals surface area contributed by atoms with E-state index in [-0.39, 0.29) is 31.3 Å². The van der Waals surface area contributed by atoms with E-state index in [1.165, 1.54) is 4.90 Å². The Kier molecular flexibility index (Phi) is 8.34. The average molecular weight is 259 g/mol. The third kappa shape index (κ3) is 8.37. The molecule has 0 atom stereocenters. The van der Waals surface area contributed by atoms with Crippen molar-refractivity contribution in [3.63, 3.8) is 0 Å². The maximum Gasteiger partial charge on any atom is 0.317 e. The molecule has 104 valence electrons. The fourth-order valence-electron chi connectivity index (χ4n) is 1.27. The number of hydrogen-bond acceptors (Lipinski definition) is 3. The Morgan fingerprint density at radius 1 is 1.17 bits per heavy atom. The second-order valence-electron chi connectivity index (χ2n) is 3.85. The first-order valence-electron chi connectivity index (χ1n) is 5.94. The van der Waals surface area contributed by atoms with Crippen LogP contribution in [0.3, 0.4) is 0 Å². The number of carbonyl (C=O) groups excluding carboxylic acids is 2. The fourth-order valence-corrected chi connectivity index (χ4v) is 1.27. The Morgan fingerprint density at radius 3 is 2.39 bits per heavy atom. The van der Waals surface area contributed by atoms with Gasteiger partial charge in [0.1, 0.15) is 0 Å². The number of hydrogen-bond donors (Lipinski definition) is 3. The fraction of sp³-hybridized carbons (Fsp3) is 0.727. The van der Waals surface area contributed by atoms with E-state index < -0.39 is 5.97 Å². The molecule has 18 heavy (non-hydrogen) atoms. The summed E-state index contributed by atoms with van der Waals surface area (Å²) in [6.45, 7) is 3.04. The molecule has 0 saturated heterocycles. The molecule has 0 aromatic heterocycles. The smallest absolute Gasteiger partial charge is 0.317 e. The molecule has 7 heteroatoms. The first-order chi connectivity index (χ1) is 8.47. The van der Waals surface area contributed by atoms with Crippen LogP contribution in [0.25, 0.3) is 0 Å². The number of carbonyl (C=O) groups is 3. The molecule has 0 unspecified atom stereocenters. The number of amides is 3. The second-order valence-corrected chi connectivity index (χ2v) is 3.85. The van der Waals surface area contributed by atoms with Gasteiger partial charge in [-0.3, -0.25) is 9.59 Å². The van der Waals surface area contributed by atoms with E-state index in [0.29, 0.717) is 19.5 Å². The van der Waals surface area contributed by atoms with Crippen LogP contribution < -0.4 is 10.6 Å². The van der Waals surface area contributed by atoms with Crippen LogP contribution in [0.15, 0.2) is 0 Å². The molecule has 0 saturated carbocycles. The zero-order valence-electron chi connectivity index (χ0n) is 10.9. The van der Waals surface area contributed by atoms with Crippen LogP contribution >= 0.6 is 0 Å². The van der Waals surface area contributed by atoms with Gasteiger partial charge in [-0.05, 0) is 13.3 Å². The number of aliphatic carboxylic acids is 1. The van der Waals surface area contributed by atoms with Crippen molar-refractivity contribution in [2.75, 3.05) is 26.7 Å². The first-order valence-corrected chi connectivity index (χ1v) is 5.94. The van der Waals surface area contributed by atoms with Gasteiger partial charge in [0.2, 0.25) is 5.91 Å². The highest BCUT2D eigenvalue weighted by Gasteiger charge is 2.09. The van der Waals surface area contributed by atoms with Crippen LogP contribution in [0.2, 0.25) is 0 Å². The summed E-state index contributed by atoms with van der Waals surface area (Å²) in [5, 5.41) is 13.7. The largest absolute Gasteiger partial charge is 0.481 e. The first kappa shape index (κ1) is 16.2. The summed E-state index contributed by atoms with van der Waals surface area (Å²) in [6.07, 6.45) is 0.689. The van der Waals surface area contributed by atoms with E-state index >= 15 is 0 Å². The van der Waals surface area contributed by atoms with Crippen LogP contribution in [-0.4, -0.2) is 54.6 Å². The highest BCUT2D eigenvalue weighted by atomic mass is 16.4. The molecule has 0 spiro atoms. The number of carboxylic acids is 1. The lowest BCUT2D eigenvalue weighted by atomic mass is 10.3. The lowest BCUT2D eigenvalue weighted by Gasteiger charge is -2.17. The molecular formula is C11H21N3O4. The number of nitrogens with zero attached hydrogens (tertiary/aromatic N) is 1. The topological polar surface area (TPSA) is 98.7 Å². The van der Waals surface area contributed by atoms with Crippen molar-refractivity contribution in [2.24, 2.45) is 0 Å². The molecule has 0 heterocycles. The zero-order valence-corrected chi connectivity index (χ0v) is 10.9. The van der Waals surface area contributed by atoms with Crippen molar-refractivity contribution >= 4 is 17.9 Å². The molecule has 0 bridgehead atoms. The maximum absolute atomic E-state index is 11.5. The number of rotatable bonds is 8. The lowest BCUT2D eigenvalue weighted by Crippen LogP contribution is -2.39. The Bertz CT molecular complexity index is 294. The van der Waals surface area contributed by atoms with Crippen molar-refractivity contribution in [1.82, 2.24) is 15.5 Å². The summed E-state index contributed by atoms with van der Waals surface area (Å²) in [5.41, 5.74) is 0. The molecule has 0 aliphatic carbocycles. The van der Waals surface area contributed by atoms with Gasteiger partial charge in [0, 0.05) is 39.5 Å². The molecule has 0 radical (unpaired) electrons. The van der Waals surface area contributed by atoms with Gasteiger partial charge in [0.15, 0.2) is 0 Å². The van der Waals surface area contributed by atoms with Crippen molar-refractivity contribution in [3.05, 3.63) is 0 Å². The van der Waals surface area contributed by atoms with E-state index in [0.717, 1.165) is 0 Å². The van der Waals surface area contributed by atoms with Crippen molar-refractivity contribution in [3.8, 4) is 0 Å². The second kappa shape index (κ2) is 9.26. The van der Waals surface area contributed by atoms with E-state index in [1.807, 2.05) is 6.92 Å². The highest BCUT2D eigenvalue weighted by Crippen LogP contribution is 1.93. The minimum atomic E-state index is -0.875. The maximum atomic E-state index is 11.5. The van der Waals surface area contributed by atoms with Gasteiger partial charge < -0.3 is 20.6 Å². The number of urea groups is 1. The quantitative estimate of drug-likeness (QED) is 0.572. The van der Waals surface area contributed by atoms with E-state index in [2.05, 4.69) is 10.6 Å². The van der Waals surface area contributed by atoms with Crippen LogP contribution in [0, 0.1) is 0 Å². The van der Waals surface area contributed by atoms with Crippen molar-refractivity contribution in [1.29, 1.82) is 0 Å².